The third kappa shape index (κ3) is 3.61. The van der Waals surface area contributed by atoms with Crippen LogP contribution in [0.15, 0.2) is 36.4 Å². The first-order valence-electron chi connectivity index (χ1n) is 6.54. The van der Waals surface area contributed by atoms with Crippen LogP contribution in [0.2, 0.25) is 0 Å². The Kier molecular flexibility index (Phi) is 4.63. The van der Waals surface area contributed by atoms with Crippen LogP contribution in [0, 0.1) is 23.3 Å². The maximum atomic E-state index is 13.7. The molecule has 0 bridgehead atoms. The summed E-state index contributed by atoms with van der Waals surface area (Å²) >= 11 is 0. The molecule has 2 aromatic rings. The summed E-state index contributed by atoms with van der Waals surface area (Å²) in [6.45, 7) is 3.32. The number of halogens is 4. The van der Waals surface area contributed by atoms with Crippen molar-refractivity contribution in [3.8, 4) is 0 Å². The molecule has 21 heavy (non-hydrogen) atoms. The minimum absolute atomic E-state index is 0.157. The second kappa shape index (κ2) is 6.26. The van der Waals surface area contributed by atoms with E-state index in [-0.39, 0.29) is 11.1 Å². The van der Waals surface area contributed by atoms with Gasteiger partial charge in [-0.15, -0.1) is 0 Å². The molecule has 0 aromatic heterocycles. The van der Waals surface area contributed by atoms with Crippen molar-refractivity contribution in [2.45, 2.75) is 25.9 Å². The second-order valence-corrected chi connectivity index (χ2v) is 4.94. The molecule has 5 heteroatoms. The summed E-state index contributed by atoms with van der Waals surface area (Å²) in [7, 11) is 0. The average molecular weight is 297 g/mol. The van der Waals surface area contributed by atoms with Crippen molar-refractivity contribution in [3.05, 3.63) is 70.8 Å². The van der Waals surface area contributed by atoms with Gasteiger partial charge in [0.1, 0.15) is 23.3 Å². The van der Waals surface area contributed by atoms with Crippen molar-refractivity contribution in [1.29, 1.82) is 0 Å². The van der Waals surface area contributed by atoms with Crippen LogP contribution in [0.1, 0.15) is 37.1 Å². The van der Waals surface area contributed by atoms with Crippen LogP contribution < -0.4 is 5.32 Å². The van der Waals surface area contributed by atoms with Crippen LogP contribution in [0.4, 0.5) is 17.6 Å². The smallest absolute Gasteiger partial charge is 0.130 e. The van der Waals surface area contributed by atoms with Crippen molar-refractivity contribution in [3.63, 3.8) is 0 Å². The molecular weight excluding hydrogens is 282 g/mol. The van der Waals surface area contributed by atoms with Crippen LogP contribution in [0.25, 0.3) is 0 Å². The number of hydrogen-bond donors (Lipinski definition) is 1. The Hall–Kier alpha value is -1.88. The van der Waals surface area contributed by atoms with Crippen LogP contribution in [0.3, 0.4) is 0 Å². The third-order valence-corrected chi connectivity index (χ3v) is 3.35. The molecule has 2 unspecified atom stereocenters. The summed E-state index contributed by atoms with van der Waals surface area (Å²) in [6.07, 6.45) is 0. The summed E-state index contributed by atoms with van der Waals surface area (Å²) in [5.74, 6) is -2.42. The monoisotopic (exact) mass is 297 g/mol. The molecule has 0 amide bonds. The lowest BCUT2D eigenvalue weighted by Crippen LogP contribution is -2.24. The molecule has 0 aliphatic rings. The largest absolute Gasteiger partial charge is 0.303 e. The van der Waals surface area contributed by atoms with Crippen LogP contribution in [-0.4, -0.2) is 0 Å². The maximum Gasteiger partial charge on any atom is 0.130 e. The Balaban J connectivity index is 2.18. The molecule has 0 fully saturated rings. The average Bonchev–Trinajstić information content (AvgIpc) is 2.41. The lowest BCUT2D eigenvalue weighted by molar-refractivity contribution is 0.453. The highest BCUT2D eigenvalue weighted by molar-refractivity contribution is 5.25. The molecule has 1 N–H and O–H groups in total. The minimum Gasteiger partial charge on any atom is -0.303 e. The van der Waals surface area contributed by atoms with Gasteiger partial charge in [-0.25, -0.2) is 17.6 Å². The molecule has 2 atom stereocenters. The summed E-state index contributed by atoms with van der Waals surface area (Å²) < 4.78 is 53.4. The van der Waals surface area contributed by atoms with Gasteiger partial charge in [-0.1, -0.05) is 6.07 Å². The first-order chi connectivity index (χ1) is 9.88. The van der Waals surface area contributed by atoms with E-state index in [4.69, 9.17) is 0 Å². The zero-order chi connectivity index (χ0) is 15.6. The fourth-order valence-corrected chi connectivity index (χ4v) is 2.25. The van der Waals surface area contributed by atoms with Gasteiger partial charge in [0, 0.05) is 29.3 Å². The van der Waals surface area contributed by atoms with E-state index in [1.807, 2.05) is 0 Å². The van der Waals surface area contributed by atoms with Crippen molar-refractivity contribution >= 4 is 0 Å². The molecule has 0 saturated carbocycles. The predicted molar refractivity (Wildman–Crippen MR) is 72.7 cm³/mol. The standard InChI is InChI=1S/C16H15F4N/c1-9(13-5-3-12(18)8-16(13)20)21-10(2)14-7-11(17)4-6-15(14)19/h3-10,21H,1-2H3. The van der Waals surface area contributed by atoms with Gasteiger partial charge in [0.05, 0.1) is 0 Å². The lowest BCUT2D eigenvalue weighted by Gasteiger charge is -2.21. The molecule has 0 spiro atoms. The Morgan fingerprint density at radius 2 is 1.29 bits per heavy atom. The van der Waals surface area contributed by atoms with Crippen molar-refractivity contribution in [1.82, 2.24) is 5.32 Å². The first kappa shape index (κ1) is 15.5. The third-order valence-electron chi connectivity index (χ3n) is 3.35. The predicted octanol–water partition coefficient (Wildman–Crippen LogP) is 4.65. The summed E-state index contributed by atoms with van der Waals surface area (Å²) in [4.78, 5) is 0. The molecule has 0 radical (unpaired) electrons. The van der Waals surface area contributed by atoms with Crippen LogP contribution in [-0.2, 0) is 0 Å². The van der Waals surface area contributed by atoms with Crippen molar-refractivity contribution in [2.24, 2.45) is 0 Å². The van der Waals surface area contributed by atoms with Gasteiger partial charge in [-0.2, -0.15) is 0 Å². The van der Waals surface area contributed by atoms with Gasteiger partial charge >= 0.3 is 0 Å². The van der Waals surface area contributed by atoms with Gasteiger partial charge in [0.25, 0.3) is 0 Å². The summed E-state index contributed by atoms with van der Waals surface area (Å²) in [6, 6.07) is 5.45. The molecular formula is C16H15F4N. The molecule has 0 aliphatic carbocycles. The van der Waals surface area contributed by atoms with Gasteiger partial charge in [-0.3, -0.25) is 0 Å². The molecule has 2 aromatic carbocycles. The van der Waals surface area contributed by atoms with Gasteiger partial charge in [0.15, 0.2) is 0 Å². The fraction of sp³-hybridized carbons (Fsp3) is 0.250. The Morgan fingerprint density at radius 3 is 1.95 bits per heavy atom. The topological polar surface area (TPSA) is 12.0 Å². The molecule has 0 aliphatic heterocycles. The maximum absolute atomic E-state index is 13.7. The van der Waals surface area contributed by atoms with Crippen LogP contribution >= 0.6 is 0 Å². The highest BCUT2D eigenvalue weighted by atomic mass is 19.1. The summed E-state index contributed by atoms with van der Waals surface area (Å²) in [5, 5.41) is 2.97. The van der Waals surface area contributed by atoms with E-state index in [9.17, 15) is 17.6 Å². The van der Waals surface area contributed by atoms with E-state index < -0.39 is 35.4 Å². The lowest BCUT2D eigenvalue weighted by atomic mass is 10.0. The van der Waals surface area contributed by atoms with Gasteiger partial charge in [-0.05, 0) is 38.1 Å². The number of hydrogen-bond acceptors (Lipinski definition) is 1. The quantitative estimate of drug-likeness (QED) is 0.810. The zero-order valence-corrected chi connectivity index (χ0v) is 11.6. The number of nitrogens with one attached hydrogen (secondary N) is 1. The zero-order valence-electron chi connectivity index (χ0n) is 11.6. The molecule has 2 rings (SSSR count). The first-order valence-corrected chi connectivity index (χ1v) is 6.54. The molecule has 112 valence electrons. The van der Waals surface area contributed by atoms with Crippen molar-refractivity contribution < 1.29 is 17.6 Å². The Labute approximate surface area is 120 Å². The minimum atomic E-state index is -0.679. The van der Waals surface area contributed by atoms with Gasteiger partial charge < -0.3 is 5.32 Å². The van der Waals surface area contributed by atoms with E-state index in [1.54, 1.807) is 13.8 Å². The summed E-state index contributed by atoms with van der Waals surface area (Å²) in [5.41, 5.74) is 0.421. The SMILES string of the molecule is CC(NC(C)c1cc(F)ccc1F)c1ccc(F)cc1F. The normalized spacial score (nSPS) is 14.0. The highest BCUT2D eigenvalue weighted by Crippen LogP contribution is 2.24. The van der Waals surface area contributed by atoms with E-state index in [1.165, 1.54) is 6.07 Å². The van der Waals surface area contributed by atoms with Crippen LogP contribution in [0.5, 0.6) is 0 Å². The van der Waals surface area contributed by atoms with E-state index in [0.29, 0.717) is 0 Å². The molecule has 1 nitrogen and oxygen atoms in total. The number of benzene rings is 2. The van der Waals surface area contributed by atoms with E-state index in [0.717, 1.165) is 30.3 Å². The molecule has 0 saturated heterocycles. The second-order valence-electron chi connectivity index (χ2n) is 4.94. The van der Waals surface area contributed by atoms with E-state index >= 15 is 0 Å². The van der Waals surface area contributed by atoms with Crippen molar-refractivity contribution in [2.75, 3.05) is 0 Å². The number of rotatable bonds is 4. The highest BCUT2D eigenvalue weighted by Gasteiger charge is 2.17. The van der Waals surface area contributed by atoms with E-state index in [2.05, 4.69) is 5.32 Å². The molecule has 0 heterocycles. The fourth-order valence-electron chi connectivity index (χ4n) is 2.25. The Morgan fingerprint density at radius 1 is 0.714 bits per heavy atom. The Bertz CT molecular complexity index is 642. The van der Waals surface area contributed by atoms with Gasteiger partial charge in [0.2, 0.25) is 0 Å².